The van der Waals surface area contributed by atoms with Gasteiger partial charge in [-0.25, -0.2) is 0 Å². The number of rotatable bonds is 8. The average Bonchev–Trinajstić information content (AvgIpc) is 3.35. The van der Waals surface area contributed by atoms with E-state index in [0.717, 1.165) is 27.9 Å². The minimum Gasteiger partial charge on any atom is -0.496 e. The molecular formula is C29H30O8. The lowest BCUT2D eigenvalue weighted by Crippen LogP contribution is -2.55. The third-order valence-electron chi connectivity index (χ3n) is 6.70. The molecule has 8 heteroatoms. The topological polar surface area (TPSA) is 122 Å². The van der Waals surface area contributed by atoms with Gasteiger partial charge >= 0.3 is 0 Å². The number of hydrogen-bond donors (Lipinski definition) is 4. The number of hydrogen-bond acceptors (Lipinski definition) is 8. The van der Waals surface area contributed by atoms with Crippen molar-refractivity contribution in [2.45, 2.75) is 43.5 Å². The van der Waals surface area contributed by atoms with Crippen molar-refractivity contribution in [1.29, 1.82) is 0 Å². The zero-order valence-electron chi connectivity index (χ0n) is 20.4. The maximum atomic E-state index is 10.5. The summed E-state index contributed by atoms with van der Waals surface area (Å²) in [5, 5.41) is 41.3. The minimum absolute atomic E-state index is 0.322. The van der Waals surface area contributed by atoms with Crippen LogP contribution in [0.15, 0.2) is 77.2 Å². The van der Waals surface area contributed by atoms with E-state index in [9.17, 15) is 20.4 Å². The second-order valence-corrected chi connectivity index (χ2v) is 9.18. The van der Waals surface area contributed by atoms with Gasteiger partial charge < -0.3 is 39.1 Å². The first-order valence-electron chi connectivity index (χ1n) is 12.1. The molecule has 194 valence electrons. The quantitative estimate of drug-likeness (QED) is 0.288. The number of furan rings is 1. The fourth-order valence-electron chi connectivity index (χ4n) is 4.68. The van der Waals surface area contributed by atoms with Crippen LogP contribution in [0.2, 0.25) is 0 Å². The molecular weight excluding hydrogens is 476 g/mol. The van der Waals surface area contributed by atoms with E-state index in [1.165, 1.54) is 0 Å². The predicted molar refractivity (Wildman–Crippen MR) is 136 cm³/mol. The van der Waals surface area contributed by atoms with Crippen LogP contribution in [0.1, 0.15) is 28.6 Å². The van der Waals surface area contributed by atoms with E-state index in [1.54, 1.807) is 19.2 Å². The molecule has 0 saturated carbocycles. The largest absolute Gasteiger partial charge is 0.496 e. The van der Waals surface area contributed by atoms with Crippen molar-refractivity contribution in [3.05, 3.63) is 95.2 Å². The SMILES string of the molecule is COc1ccc([C@@H]2OC(CO)[C@@H](O)C(O)[C@H]2O)cc1Cc1ccc(OCc2cc3ccccc3o2)cc1. The second-order valence-electron chi connectivity index (χ2n) is 9.18. The van der Waals surface area contributed by atoms with Gasteiger partial charge in [-0.2, -0.15) is 0 Å². The van der Waals surface area contributed by atoms with Gasteiger partial charge in [-0.15, -0.1) is 0 Å². The van der Waals surface area contributed by atoms with Crippen molar-refractivity contribution in [3.8, 4) is 11.5 Å². The molecule has 37 heavy (non-hydrogen) atoms. The molecule has 0 bridgehead atoms. The highest BCUT2D eigenvalue weighted by atomic mass is 16.5. The molecule has 0 amide bonds. The van der Waals surface area contributed by atoms with Crippen LogP contribution in [0.5, 0.6) is 11.5 Å². The first-order valence-corrected chi connectivity index (χ1v) is 12.1. The average molecular weight is 507 g/mol. The Kier molecular flexibility index (Phi) is 7.45. The molecule has 2 unspecified atom stereocenters. The maximum Gasteiger partial charge on any atom is 0.146 e. The van der Waals surface area contributed by atoms with Gasteiger partial charge in [0.25, 0.3) is 0 Å². The second kappa shape index (κ2) is 10.9. The number of aliphatic hydroxyl groups excluding tert-OH is 4. The highest BCUT2D eigenvalue weighted by Gasteiger charge is 2.44. The Morgan fingerprint density at radius 2 is 1.65 bits per heavy atom. The van der Waals surface area contributed by atoms with Crippen molar-refractivity contribution < 1.29 is 39.1 Å². The fraction of sp³-hybridized carbons (Fsp3) is 0.310. The van der Waals surface area contributed by atoms with Crippen LogP contribution < -0.4 is 9.47 Å². The zero-order chi connectivity index (χ0) is 25.9. The van der Waals surface area contributed by atoms with E-state index in [0.29, 0.717) is 30.1 Å². The lowest BCUT2D eigenvalue weighted by atomic mass is 9.90. The van der Waals surface area contributed by atoms with Crippen molar-refractivity contribution in [3.63, 3.8) is 0 Å². The first kappa shape index (κ1) is 25.3. The normalized spacial score (nSPS) is 23.8. The van der Waals surface area contributed by atoms with Crippen LogP contribution in [0, 0.1) is 0 Å². The van der Waals surface area contributed by atoms with Crippen molar-refractivity contribution in [1.82, 2.24) is 0 Å². The van der Waals surface area contributed by atoms with Gasteiger partial charge in [0, 0.05) is 11.8 Å². The Labute approximate surface area is 214 Å². The van der Waals surface area contributed by atoms with Crippen LogP contribution in [0.3, 0.4) is 0 Å². The summed E-state index contributed by atoms with van der Waals surface area (Å²) < 4.78 is 23.0. The summed E-state index contributed by atoms with van der Waals surface area (Å²) in [7, 11) is 1.58. The number of aliphatic hydroxyl groups is 4. The number of benzene rings is 3. The fourth-order valence-corrected chi connectivity index (χ4v) is 4.68. The molecule has 5 atom stereocenters. The highest BCUT2D eigenvalue weighted by molar-refractivity contribution is 5.77. The molecule has 0 radical (unpaired) electrons. The molecule has 5 rings (SSSR count). The summed E-state index contributed by atoms with van der Waals surface area (Å²) in [5.74, 6) is 2.13. The molecule has 1 fully saturated rings. The smallest absolute Gasteiger partial charge is 0.146 e. The van der Waals surface area contributed by atoms with Crippen molar-refractivity contribution >= 4 is 11.0 Å². The van der Waals surface area contributed by atoms with E-state index >= 15 is 0 Å². The van der Waals surface area contributed by atoms with Crippen LogP contribution in [-0.2, 0) is 17.8 Å². The molecule has 4 aromatic rings. The summed E-state index contributed by atoms with van der Waals surface area (Å²) in [5.41, 5.74) is 3.31. The van der Waals surface area contributed by atoms with E-state index in [1.807, 2.05) is 60.7 Å². The molecule has 1 aliphatic rings. The van der Waals surface area contributed by atoms with Crippen LogP contribution in [0.4, 0.5) is 0 Å². The number of para-hydroxylation sites is 1. The molecule has 1 aliphatic heterocycles. The molecule has 0 spiro atoms. The van der Waals surface area contributed by atoms with E-state index in [4.69, 9.17) is 18.6 Å². The van der Waals surface area contributed by atoms with Gasteiger partial charge in [0.05, 0.1) is 13.7 Å². The molecule has 2 heterocycles. The Morgan fingerprint density at radius 1 is 0.865 bits per heavy atom. The monoisotopic (exact) mass is 506 g/mol. The minimum atomic E-state index is -1.44. The highest BCUT2D eigenvalue weighted by Crippen LogP contribution is 2.35. The van der Waals surface area contributed by atoms with Crippen LogP contribution >= 0.6 is 0 Å². The molecule has 4 N–H and O–H groups in total. The number of fused-ring (bicyclic) bond motifs is 1. The number of ether oxygens (including phenoxy) is 3. The van der Waals surface area contributed by atoms with Crippen molar-refractivity contribution in [2.75, 3.05) is 13.7 Å². The summed E-state index contributed by atoms with van der Waals surface area (Å²) in [6.45, 7) is -0.155. The van der Waals surface area contributed by atoms with Gasteiger partial charge in [0.15, 0.2) is 0 Å². The van der Waals surface area contributed by atoms with E-state index < -0.39 is 37.1 Å². The summed E-state index contributed by atoms with van der Waals surface area (Å²) in [4.78, 5) is 0. The lowest BCUT2D eigenvalue weighted by molar-refractivity contribution is -0.231. The third-order valence-corrected chi connectivity index (χ3v) is 6.70. The zero-order valence-corrected chi connectivity index (χ0v) is 20.4. The van der Waals surface area contributed by atoms with E-state index in [2.05, 4.69) is 0 Å². The van der Waals surface area contributed by atoms with Gasteiger partial charge in [-0.1, -0.05) is 36.4 Å². The number of methoxy groups -OCH3 is 1. The standard InChI is InChI=1S/C29H30O8/c1-34-23-11-8-19(29-28(33)27(32)26(31)25(15-30)37-29)13-20(23)12-17-6-9-21(10-7-17)35-16-22-14-18-4-2-3-5-24(18)36-22/h2-11,13-14,25-33H,12,15-16H2,1H3/t25?,26-,27?,28-,29+/m1/s1. The Hall–Kier alpha value is -3.40. The van der Waals surface area contributed by atoms with Crippen LogP contribution in [0.25, 0.3) is 11.0 Å². The van der Waals surface area contributed by atoms with Gasteiger partial charge in [-0.05, 0) is 53.1 Å². The summed E-state index contributed by atoms with van der Waals surface area (Å²) in [6.07, 6.45) is -5.52. The lowest BCUT2D eigenvalue weighted by Gasteiger charge is -2.40. The van der Waals surface area contributed by atoms with Gasteiger partial charge in [-0.3, -0.25) is 0 Å². The van der Waals surface area contributed by atoms with Gasteiger partial charge in [0.2, 0.25) is 0 Å². The van der Waals surface area contributed by atoms with E-state index in [-0.39, 0.29) is 0 Å². The summed E-state index contributed by atoms with van der Waals surface area (Å²) in [6, 6.07) is 22.9. The molecule has 0 aliphatic carbocycles. The molecule has 1 aromatic heterocycles. The predicted octanol–water partition coefficient (Wildman–Crippen LogP) is 3.13. The first-order chi connectivity index (χ1) is 18.0. The Bertz CT molecular complexity index is 1300. The summed E-state index contributed by atoms with van der Waals surface area (Å²) >= 11 is 0. The third kappa shape index (κ3) is 5.34. The maximum absolute atomic E-state index is 10.5. The Balaban J connectivity index is 1.28. The molecule has 8 nitrogen and oxygen atoms in total. The van der Waals surface area contributed by atoms with Crippen molar-refractivity contribution in [2.24, 2.45) is 0 Å². The Morgan fingerprint density at radius 3 is 2.38 bits per heavy atom. The molecule has 1 saturated heterocycles. The van der Waals surface area contributed by atoms with Crippen LogP contribution in [-0.4, -0.2) is 58.6 Å². The van der Waals surface area contributed by atoms with Gasteiger partial charge in [0.1, 0.15) is 60.0 Å². The molecule has 3 aromatic carbocycles.